The topological polar surface area (TPSA) is 21.3 Å². The van der Waals surface area contributed by atoms with E-state index in [1.807, 2.05) is 18.2 Å². The zero-order valence-electron chi connectivity index (χ0n) is 8.71. The molecule has 1 N–H and O–H groups in total. The van der Waals surface area contributed by atoms with Crippen LogP contribution in [-0.4, -0.2) is 26.4 Å². The van der Waals surface area contributed by atoms with Crippen molar-refractivity contribution in [1.82, 2.24) is 5.32 Å². The highest BCUT2D eigenvalue weighted by molar-refractivity contribution is 5.31. The minimum Gasteiger partial charge on any atom is -0.491 e. The quantitative estimate of drug-likeness (QED) is 0.820. The summed E-state index contributed by atoms with van der Waals surface area (Å²) in [5.41, 5.74) is 1.29. The third kappa shape index (κ3) is 2.69. The van der Waals surface area contributed by atoms with Crippen molar-refractivity contribution in [1.29, 1.82) is 0 Å². The molecule has 1 saturated heterocycles. The van der Waals surface area contributed by atoms with Gasteiger partial charge < -0.3 is 10.1 Å². The molecule has 2 rings (SSSR count). The maximum Gasteiger partial charge on any atom is 0.123 e. The fraction of sp³-hybridized carbons (Fsp3) is 0.500. The molecule has 1 aromatic carbocycles. The molecule has 0 bridgehead atoms. The normalized spacial score (nSPS) is 20.5. The molecule has 82 valence electrons. The first-order valence-electron chi connectivity index (χ1n) is 5.39. The Morgan fingerprint density at radius 1 is 1.47 bits per heavy atom. The maximum atomic E-state index is 11.9. The second-order valence-corrected chi connectivity index (χ2v) is 3.80. The molecule has 0 aliphatic carbocycles. The van der Waals surface area contributed by atoms with Crippen LogP contribution < -0.4 is 10.1 Å². The number of nitrogens with one attached hydrogen (secondary N) is 1. The zero-order chi connectivity index (χ0) is 10.5. The summed E-state index contributed by atoms with van der Waals surface area (Å²) >= 11 is 0. The van der Waals surface area contributed by atoms with Crippen molar-refractivity contribution >= 4 is 0 Å². The van der Waals surface area contributed by atoms with Crippen molar-refractivity contribution < 1.29 is 9.13 Å². The largest absolute Gasteiger partial charge is 0.491 e. The second kappa shape index (κ2) is 5.12. The van der Waals surface area contributed by atoms with Crippen molar-refractivity contribution in [3.05, 3.63) is 29.8 Å². The number of ether oxygens (including phenoxy) is 1. The summed E-state index contributed by atoms with van der Waals surface area (Å²) in [6.07, 6.45) is 1.17. The molecule has 1 atom stereocenters. The number of hydrogen-bond donors (Lipinski definition) is 1. The van der Waals surface area contributed by atoms with E-state index >= 15 is 0 Å². The minimum absolute atomic E-state index is 0.145. The van der Waals surface area contributed by atoms with Gasteiger partial charge in [-0.15, -0.1) is 0 Å². The Hall–Kier alpha value is -1.09. The first-order valence-corrected chi connectivity index (χ1v) is 5.39. The van der Waals surface area contributed by atoms with Crippen LogP contribution in [0.4, 0.5) is 4.39 Å². The second-order valence-electron chi connectivity index (χ2n) is 3.80. The van der Waals surface area contributed by atoms with E-state index in [9.17, 15) is 4.39 Å². The maximum absolute atomic E-state index is 11.9. The van der Waals surface area contributed by atoms with Crippen molar-refractivity contribution in [2.45, 2.75) is 12.3 Å². The highest BCUT2D eigenvalue weighted by Crippen LogP contribution is 2.25. The Balaban J connectivity index is 2.04. The Morgan fingerprint density at radius 3 is 3.13 bits per heavy atom. The minimum atomic E-state index is -0.435. The number of rotatable bonds is 4. The van der Waals surface area contributed by atoms with Crippen LogP contribution in [0.3, 0.4) is 0 Å². The predicted molar refractivity (Wildman–Crippen MR) is 58.1 cm³/mol. The van der Waals surface area contributed by atoms with Gasteiger partial charge in [0.25, 0.3) is 0 Å². The van der Waals surface area contributed by atoms with Gasteiger partial charge in [-0.3, -0.25) is 0 Å². The first-order chi connectivity index (χ1) is 7.40. The lowest BCUT2D eigenvalue weighted by atomic mass is 9.98. The first kappa shape index (κ1) is 10.4. The Bertz CT molecular complexity index is 310. The number of alkyl halides is 1. The van der Waals surface area contributed by atoms with Crippen molar-refractivity contribution in [3.8, 4) is 5.75 Å². The van der Waals surface area contributed by atoms with Crippen LogP contribution in [0.2, 0.25) is 0 Å². The molecule has 15 heavy (non-hydrogen) atoms. The molecule has 0 spiro atoms. The lowest BCUT2D eigenvalue weighted by Crippen LogP contribution is -2.08. The summed E-state index contributed by atoms with van der Waals surface area (Å²) < 4.78 is 17.2. The fourth-order valence-corrected chi connectivity index (χ4v) is 1.95. The van der Waals surface area contributed by atoms with Gasteiger partial charge in [-0.2, -0.15) is 0 Å². The molecule has 1 aliphatic heterocycles. The van der Waals surface area contributed by atoms with Gasteiger partial charge in [0.05, 0.1) is 0 Å². The summed E-state index contributed by atoms with van der Waals surface area (Å²) in [6, 6.07) is 7.98. The lowest BCUT2D eigenvalue weighted by molar-refractivity contribution is 0.273. The van der Waals surface area contributed by atoms with Crippen molar-refractivity contribution in [2.75, 3.05) is 26.4 Å². The molecule has 0 radical (unpaired) electrons. The van der Waals surface area contributed by atoms with Crippen LogP contribution in [0.25, 0.3) is 0 Å². The van der Waals surface area contributed by atoms with Gasteiger partial charge in [0, 0.05) is 6.54 Å². The lowest BCUT2D eigenvalue weighted by Gasteiger charge is -2.10. The Labute approximate surface area is 89.4 Å². The predicted octanol–water partition coefficient (Wildman–Crippen LogP) is 2.11. The fourth-order valence-electron chi connectivity index (χ4n) is 1.95. The number of hydrogen-bond acceptors (Lipinski definition) is 2. The van der Waals surface area contributed by atoms with Gasteiger partial charge in [0.2, 0.25) is 0 Å². The van der Waals surface area contributed by atoms with Crippen molar-refractivity contribution in [2.24, 2.45) is 0 Å². The van der Waals surface area contributed by atoms with E-state index in [0.29, 0.717) is 5.92 Å². The molecular weight excluding hydrogens is 193 g/mol. The molecule has 1 heterocycles. The van der Waals surface area contributed by atoms with Crippen LogP contribution >= 0.6 is 0 Å². The van der Waals surface area contributed by atoms with Crippen molar-refractivity contribution in [3.63, 3.8) is 0 Å². The summed E-state index contributed by atoms with van der Waals surface area (Å²) in [5, 5.41) is 3.33. The molecule has 3 heteroatoms. The molecular formula is C12H16FNO. The van der Waals surface area contributed by atoms with E-state index in [0.717, 1.165) is 18.8 Å². The SMILES string of the molecule is FCCOc1cccc(C2CCNC2)c1. The highest BCUT2D eigenvalue weighted by atomic mass is 19.1. The molecule has 2 nitrogen and oxygen atoms in total. The summed E-state index contributed by atoms with van der Waals surface area (Å²) in [5.74, 6) is 1.36. The third-order valence-electron chi connectivity index (χ3n) is 2.74. The monoisotopic (exact) mass is 209 g/mol. The van der Waals surface area contributed by atoms with Gasteiger partial charge in [0.1, 0.15) is 19.0 Å². The van der Waals surface area contributed by atoms with Gasteiger partial charge in [-0.25, -0.2) is 4.39 Å². The molecule has 0 amide bonds. The van der Waals surface area contributed by atoms with Gasteiger partial charge >= 0.3 is 0 Å². The number of halogens is 1. The van der Waals surface area contributed by atoms with E-state index < -0.39 is 6.67 Å². The van der Waals surface area contributed by atoms with E-state index in [1.165, 1.54) is 12.0 Å². The summed E-state index contributed by atoms with van der Waals surface area (Å²) in [6.45, 7) is 1.83. The zero-order valence-corrected chi connectivity index (χ0v) is 8.71. The van der Waals surface area contributed by atoms with E-state index in [-0.39, 0.29) is 6.61 Å². The standard InChI is InChI=1S/C12H16FNO/c13-5-7-15-12-3-1-2-10(8-12)11-4-6-14-9-11/h1-3,8,11,14H,4-7,9H2. The van der Waals surface area contributed by atoms with Crippen LogP contribution in [0.15, 0.2) is 24.3 Å². The molecule has 0 saturated carbocycles. The molecule has 0 aromatic heterocycles. The molecule has 1 unspecified atom stereocenters. The highest BCUT2D eigenvalue weighted by Gasteiger charge is 2.16. The average molecular weight is 209 g/mol. The Kier molecular flexibility index (Phi) is 3.56. The van der Waals surface area contributed by atoms with Crippen LogP contribution in [0.1, 0.15) is 17.9 Å². The van der Waals surface area contributed by atoms with Crippen LogP contribution in [-0.2, 0) is 0 Å². The third-order valence-corrected chi connectivity index (χ3v) is 2.74. The van der Waals surface area contributed by atoms with Gasteiger partial charge in [-0.05, 0) is 36.6 Å². The molecule has 1 fully saturated rings. The average Bonchev–Trinajstić information content (AvgIpc) is 2.80. The molecule has 1 aromatic rings. The smallest absolute Gasteiger partial charge is 0.123 e. The number of benzene rings is 1. The summed E-state index contributed by atoms with van der Waals surface area (Å²) in [4.78, 5) is 0. The van der Waals surface area contributed by atoms with Crippen LogP contribution in [0.5, 0.6) is 5.75 Å². The Morgan fingerprint density at radius 2 is 2.40 bits per heavy atom. The molecule has 1 aliphatic rings. The van der Waals surface area contributed by atoms with E-state index in [2.05, 4.69) is 11.4 Å². The van der Waals surface area contributed by atoms with Gasteiger partial charge in [-0.1, -0.05) is 12.1 Å². The van der Waals surface area contributed by atoms with Gasteiger partial charge in [0.15, 0.2) is 0 Å². The van der Waals surface area contributed by atoms with Crippen LogP contribution in [0, 0.1) is 0 Å². The van der Waals surface area contributed by atoms with E-state index in [1.54, 1.807) is 0 Å². The van der Waals surface area contributed by atoms with E-state index in [4.69, 9.17) is 4.74 Å². The summed E-state index contributed by atoms with van der Waals surface area (Å²) in [7, 11) is 0.